The Kier molecular flexibility index (Phi) is 5.62. The normalized spacial score (nSPS) is 21.8. The monoisotopic (exact) mass is 317 g/mol. The Labute approximate surface area is 138 Å². The molecule has 1 unspecified atom stereocenters. The number of carbonyl (C=O) groups is 1. The number of carbonyl (C=O) groups excluding carboxylic acids is 1. The lowest BCUT2D eigenvalue weighted by Crippen LogP contribution is -2.43. The van der Waals surface area contributed by atoms with E-state index in [2.05, 4.69) is 16.0 Å². The Balaban J connectivity index is 1.38. The molecule has 3 rings (SSSR count). The lowest BCUT2D eigenvalue weighted by atomic mass is 9.92. The van der Waals surface area contributed by atoms with Gasteiger partial charge in [-0.1, -0.05) is 6.07 Å². The van der Waals surface area contributed by atoms with Gasteiger partial charge in [0.15, 0.2) is 0 Å². The number of hydrogen-bond donors (Lipinski definition) is 1. The highest BCUT2D eigenvalue weighted by atomic mass is 16.3. The minimum Gasteiger partial charge on any atom is -0.390 e. The van der Waals surface area contributed by atoms with Crippen LogP contribution in [0.5, 0.6) is 0 Å². The number of piperidine rings is 1. The summed E-state index contributed by atoms with van der Waals surface area (Å²) >= 11 is 0. The Morgan fingerprint density at radius 3 is 2.70 bits per heavy atom. The first-order valence-corrected chi connectivity index (χ1v) is 8.79. The van der Waals surface area contributed by atoms with Crippen molar-refractivity contribution < 1.29 is 9.90 Å². The highest BCUT2D eigenvalue weighted by Crippen LogP contribution is 2.21. The molecule has 0 spiro atoms. The Morgan fingerprint density at radius 2 is 2.04 bits per heavy atom. The van der Waals surface area contributed by atoms with E-state index in [0.29, 0.717) is 25.4 Å². The summed E-state index contributed by atoms with van der Waals surface area (Å²) in [6.45, 7) is 4.04. The molecule has 1 aromatic rings. The number of amides is 1. The van der Waals surface area contributed by atoms with Gasteiger partial charge in [0.1, 0.15) is 0 Å². The van der Waals surface area contributed by atoms with E-state index in [9.17, 15) is 9.90 Å². The van der Waals surface area contributed by atoms with Crippen LogP contribution >= 0.6 is 0 Å². The van der Waals surface area contributed by atoms with Crippen molar-refractivity contribution in [3.8, 4) is 0 Å². The molecule has 126 valence electrons. The fourth-order valence-corrected chi connectivity index (χ4v) is 3.70. The predicted molar refractivity (Wildman–Crippen MR) is 88.9 cm³/mol. The highest BCUT2D eigenvalue weighted by molar-refractivity contribution is 5.78. The molecule has 23 heavy (non-hydrogen) atoms. The average molecular weight is 317 g/mol. The van der Waals surface area contributed by atoms with E-state index in [0.717, 1.165) is 45.3 Å². The van der Waals surface area contributed by atoms with Crippen molar-refractivity contribution in [2.75, 3.05) is 32.7 Å². The first kappa shape index (κ1) is 16.4. The minimum absolute atomic E-state index is 0.193. The molecular weight excluding hydrogens is 290 g/mol. The zero-order chi connectivity index (χ0) is 16.1. The summed E-state index contributed by atoms with van der Waals surface area (Å²) < 4.78 is 0. The van der Waals surface area contributed by atoms with Gasteiger partial charge in [0, 0.05) is 37.9 Å². The highest BCUT2D eigenvalue weighted by Gasteiger charge is 2.25. The van der Waals surface area contributed by atoms with Gasteiger partial charge in [0.25, 0.3) is 0 Å². The molecule has 1 amide bonds. The standard InChI is InChI=1S/C18H27N3O2/c22-17(14-21-9-3-5-18(21)23)13-20-10-6-15(7-11-20)12-16-4-1-2-8-19-16/h1-2,4,8,15,17,22H,3,5-7,9-14H2. The third kappa shape index (κ3) is 4.75. The Bertz CT molecular complexity index is 500. The predicted octanol–water partition coefficient (Wildman–Crippen LogP) is 1.32. The summed E-state index contributed by atoms with van der Waals surface area (Å²) in [4.78, 5) is 20.2. The third-order valence-electron chi connectivity index (χ3n) is 5.00. The second-order valence-corrected chi connectivity index (χ2v) is 6.87. The van der Waals surface area contributed by atoms with E-state index in [1.165, 1.54) is 5.69 Å². The largest absolute Gasteiger partial charge is 0.390 e. The quantitative estimate of drug-likeness (QED) is 0.860. The maximum atomic E-state index is 11.6. The zero-order valence-corrected chi connectivity index (χ0v) is 13.7. The molecule has 1 N–H and O–H groups in total. The third-order valence-corrected chi connectivity index (χ3v) is 5.00. The smallest absolute Gasteiger partial charge is 0.222 e. The van der Waals surface area contributed by atoms with Crippen LogP contribution < -0.4 is 0 Å². The van der Waals surface area contributed by atoms with E-state index in [1.807, 2.05) is 18.3 Å². The van der Waals surface area contributed by atoms with Crippen LogP contribution in [-0.2, 0) is 11.2 Å². The van der Waals surface area contributed by atoms with E-state index in [1.54, 1.807) is 4.90 Å². The lowest BCUT2D eigenvalue weighted by molar-refractivity contribution is -0.129. The van der Waals surface area contributed by atoms with Crippen LogP contribution in [0, 0.1) is 5.92 Å². The number of pyridine rings is 1. The number of aliphatic hydroxyl groups excluding tert-OH is 1. The van der Waals surface area contributed by atoms with Crippen molar-refractivity contribution in [2.24, 2.45) is 5.92 Å². The maximum Gasteiger partial charge on any atom is 0.222 e. The number of rotatable bonds is 6. The molecule has 2 aliphatic rings. The maximum absolute atomic E-state index is 11.6. The number of hydrogen-bond acceptors (Lipinski definition) is 4. The average Bonchev–Trinajstić information content (AvgIpc) is 2.95. The molecule has 1 atom stereocenters. The molecule has 0 aromatic carbocycles. The van der Waals surface area contributed by atoms with E-state index in [4.69, 9.17) is 0 Å². The molecule has 2 fully saturated rings. The van der Waals surface area contributed by atoms with Gasteiger partial charge in [-0.2, -0.15) is 0 Å². The van der Waals surface area contributed by atoms with Crippen LogP contribution in [0.2, 0.25) is 0 Å². The van der Waals surface area contributed by atoms with Crippen molar-refractivity contribution >= 4 is 5.91 Å². The molecule has 0 radical (unpaired) electrons. The van der Waals surface area contributed by atoms with E-state index in [-0.39, 0.29) is 5.91 Å². The number of likely N-dealkylation sites (tertiary alicyclic amines) is 2. The molecule has 2 saturated heterocycles. The molecule has 5 heteroatoms. The number of nitrogens with zero attached hydrogens (tertiary/aromatic N) is 3. The van der Waals surface area contributed by atoms with Gasteiger partial charge in [-0.15, -0.1) is 0 Å². The summed E-state index contributed by atoms with van der Waals surface area (Å²) in [5, 5.41) is 10.2. The Morgan fingerprint density at radius 1 is 1.22 bits per heavy atom. The molecule has 1 aromatic heterocycles. The fourth-order valence-electron chi connectivity index (χ4n) is 3.70. The van der Waals surface area contributed by atoms with Crippen molar-refractivity contribution in [3.05, 3.63) is 30.1 Å². The van der Waals surface area contributed by atoms with Gasteiger partial charge in [0.05, 0.1) is 6.10 Å². The SMILES string of the molecule is O=C1CCCN1CC(O)CN1CCC(Cc2ccccn2)CC1. The second-order valence-electron chi connectivity index (χ2n) is 6.87. The molecule has 0 bridgehead atoms. The minimum atomic E-state index is -0.426. The van der Waals surface area contributed by atoms with Crippen LogP contribution in [0.15, 0.2) is 24.4 Å². The van der Waals surface area contributed by atoms with Crippen LogP contribution in [0.25, 0.3) is 0 Å². The summed E-state index contributed by atoms with van der Waals surface area (Å²) in [5.41, 5.74) is 1.18. The molecule has 2 aliphatic heterocycles. The van der Waals surface area contributed by atoms with Crippen molar-refractivity contribution in [1.29, 1.82) is 0 Å². The van der Waals surface area contributed by atoms with Crippen molar-refractivity contribution in [3.63, 3.8) is 0 Å². The van der Waals surface area contributed by atoms with Crippen LogP contribution in [0.3, 0.4) is 0 Å². The summed E-state index contributed by atoms with van der Waals surface area (Å²) in [5.74, 6) is 0.886. The van der Waals surface area contributed by atoms with Gasteiger partial charge in [-0.3, -0.25) is 9.78 Å². The molecular formula is C18H27N3O2. The van der Waals surface area contributed by atoms with Crippen molar-refractivity contribution in [2.45, 2.75) is 38.2 Å². The van der Waals surface area contributed by atoms with Gasteiger partial charge in [-0.05, 0) is 56.8 Å². The van der Waals surface area contributed by atoms with E-state index >= 15 is 0 Å². The molecule has 0 aliphatic carbocycles. The first-order chi connectivity index (χ1) is 11.2. The topological polar surface area (TPSA) is 56.7 Å². The summed E-state index contributed by atoms with van der Waals surface area (Å²) in [7, 11) is 0. The van der Waals surface area contributed by atoms with Crippen LogP contribution in [-0.4, -0.2) is 64.6 Å². The Hall–Kier alpha value is -1.46. The number of β-amino-alcohol motifs (C(OH)–C–C–N with tert-alkyl or cyclic N) is 1. The molecule has 3 heterocycles. The van der Waals surface area contributed by atoms with Gasteiger partial charge in [0.2, 0.25) is 5.91 Å². The lowest BCUT2D eigenvalue weighted by Gasteiger charge is -2.33. The number of aromatic nitrogens is 1. The van der Waals surface area contributed by atoms with Crippen LogP contribution in [0.4, 0.5) is 0 Å². The van der Waals surface area contributed by atoms with E-state index < -0.39 is 6.10 Å². The zero-order valence-electron chi connectivity index (χ0n) is 13.7. The molecule has 0 saturated carbocycles. The summed E-state index contributed by atoms with van der Waals surface area (Å²) in [6.07, 6.45) is 6.39. The second kappa shape index (κ2) is 7.88. The van der Waals surface area contributed by atoms with Crippen molar-refractivity contribution in [1.82, 2.24) is 14.8 Å². The molecule has 5 nitrogen and oxygen atoms in total. The first-order valence-electron chi connectivity index (χ1n) is 8.79. The number of aliphatic hydroxyl groups is 1. The van der Waals surface area contributed by atoms with Crippen LogP contribution in [0.1, 0.15) is 31.4 Å². The van der Waals surface area contributed by atoms with Gasteiger partial charge < -0.3 is 14.9 Å². The van der Waals surface area contributed by atoms with Gasteiger partial charge in [-0.25, -0.2) is 0 Å². The fraction of sp³-hybridized carbons (Fsp3) is 0.667. The van der Waals surface area contributed by atoms with Gasteiger partial charge >= 0.3 is 0 Å². The summed E-state index contributed by atoms with van der Waals surface area (Å²) in [6, 6.07) is 6.11.